The zero-order valence-corrected chi connectivity index (χ0v) is 17.4. The van der Waals surface area contributed by atoms with Crippen molar-refractivity contribution in [3.63, 3.8) is 0 Å². The van der Waals surface area contributed by atoms with E-state index in [1.807, 2.05) is 32.0 Å². The van der Waals surface area contributed by atoms with Crippen LogP contribution in [0.3, 0.4) is 0 Å². The van der Waals surface area contributed by atoms with Crippen LogP contribution in [0.15, 0.2) is 42.5 Å². The van der Waals surface area contributed by atoms with Crippen molar-refractivity contribution in [2.75, 3.05) is 13.7 Å². The van der Waals surface area contributed by atoms with E-state index in [-0.39, 0.29) is 18.3 Å². The summed E-state index contributed by atoms with van der Waals surface area (Å²) in [5, 5.41) is 15.3. The third kappa shape index (κ3) is 4.28. The Morgan fingerprint density at radius 3 is 2.47 bits per heavy atom. The van der Waals surface area contributed by atoms with Gasteiger partial charge in [-0.25, -0.2) is 4.79 Å². The Kier molecular flexibility index (Phi) is 6.37. The lowest BCUT2D eigenvalue weighted by Crippen LogP contribution is -2.30. The van der Waals surface area contributed by atoms with Gasteiger partial charge in [-0.05, 0) is 44.5 Å². The molecule has 0 saturated heterocycles. The van der Waals surface area contributed by atoms with Crippen LogP contribution in [0.1, 0.15) is 48.4 Å². The lowest BCUT2D eigenvalue weighted by molar-refractivity contribution is -0.384. The second-order valence-electron chi connectivity index (χ2n) is 7.15. The normalized spacial score (nSPS) is 12.2. The Labute approximate surface area is 174 Å². The molecule has 0 aliphatic rings. The van der Waals surface area contributed by atoms with Crippen molar-refractivity contribution in [2.24, 2.45) is 0 Å². The highest BCUT2D eigenvalue weighted by molar-refractivity contribution is 5.99. The maximum atomic E-state index is 12.8. The average molecular weight is 411 g/mol. The fourth-order valence-electron chi connectivity index (χ4n) is 3.45. The Morgan fingerprint density at radius 2 is 1.90 bits per heavy atom. The number of ether oxygens (including phenoxy) is 2. The van der Waals surface area contributed by atoms with Crippen LogP contribution in [0.5, 0.6) is 5.75 Å². The van der Waals surface area contributed by atoms with Crippen molar-refractivity contribution >= 4 is 22.6 Å². The van der Waals surface area contributed by atoms with Gasteiger partial charge >= 0.3 is 5.97 Å². The van der Waals surface area contributed by atoms with E-state index < -0.39 is 16.9 Å². The Hall–Kier alpha value is -3.39. The van der Waals surface area contributed by atoms with Gasteiger partial charge in [0.25, 0.3) is 5.69 Å². The number of aromatic amines is 1. The number of carbonyl (C=O) groups is 1. The molecule has 0 bridgehead atoms. The fraction of sp³-hybridized carbons (Fsp3) is 0.318. The molecule has 1 aromatic heterocycles. The number of nitrogens with zero attached hydrogens (tertiary/aromatic N) is 1. The average Bonchev–Trinajstić information content (AvgIpc) is 3.10. The lowest BCUT2D eigenvalue weighted by atomic mass is 9.94. The maximum absolute atomic E-state index is 12.8. The van der Waals surface area contributed by atoms with E-state index in [9.17, 15) is 14.9 Å². The summed E-state index contributed by atoms with van der Waals surface area (Å²) in [5.41, 5.74) is 2.63. The lowest BCUT2D eigenvalue weighted by Gasteiger charge is -2.23. The first kappa shape index (κ1) is 21.3. The van der Waals surface area contributed by atoms with Crippen LogP contribution in [0.2, 0.25) is 0 Å². The molecule has 30 heavy (non-hydrogen) atoms. The number of nitro groups is 1. The first-order valence-corrected chi connectivity index (χ1v) is 9.72. The zero-order chi connectivity index (χ0) is 21.8. The SMILES string of the molecule is CCOC(=O)c1[nH]c2ccc(OC)cc2c1C(NC(C)C)c1ccc([N+](=O)[O-])cc1. The van der Waals surface area contributed by atoms with Gasteiger partial charge in [0.2, 0.25) is 0 Å². The minimum Gasteiger partial charge on any atom is -0.497 e. The number of fused-ring (bicyclic) bond motifs is 1. The second-order valence-corrected chi connectivity index (χ2v) is 7.15. The molecule has 0 aliphatic heterocycles. The molecule has 1 unspecified atom stereocenters. The molecule has 1 heterocycles. The number of nitrogens with one attached hydrogen (secondary N) is 2. The summed E-state index contributed by atoms with van der Waals surface area (Å²) in [7, 11) is 1.58. The number of H-pyrrole nitrogens is 1. The van der Waals surface area contributed by atoms with E-state index in [0.29, 0.717) is 17.0 Å². The standard InChI is InChI=1S/C22H25N3O5/c1-5-30-22(26)21-19(17-12-16(29-4)10-11-18(17)24-21)20(23-13(2)3)14-6-8-15(9-7-14)25(27)28/h6-13,20,23-24H,5H2,1-4H3. The number of hydrogen-bond donors (Lipinski definition) is 2. The number of aromatic nitrogens is 1. The van der Waals surface area contributed by atoms with Gasteiger partial charge in [-0.1, -0.05) is 12.1 Å². The van der Waals surface area contributed by atoms with E-state index in [0.717, 1.165) is 16.5 Å². The number of benzene rings is 2. The van der Waals surface area contributed by atoms with Crippen molar-refractivity contribution in [3.8, 4) is 5.75 Å². The fourth-order valence-corrected chi connectivity index (χ4v) is 3.45. The van der Waals surface area contributed by atoms with Gasteiger partial charge in [-0.15, -0.1) is 0 Å². The summed E-state index contributed by atoms with van der Waals surface area (Å²) >= 11 is 0. The van der Waals surface area contributed by atoms with Crippen molar-refractivity contribution in [3.05, 3.63) is 69.4 Å². The number of hydrogen-bond acceptors (Lipinski definition) is 6. The summed E-state index contributed by atoms with van der Waals surface area (Å²) in [5.74, 6) is 0.199. The minimum atomic E-state index is -0.458. The molecule has 0 radical (unpaired) electrons. The van der Waals surface area contributed by atoms with Gasteiger partial charge < -0.3 is 19.8 Å². The molecule has 158 valence electrons. The Balaban J connectivity index is 2.24. The molecule has 0 fully saturated rings. The van der Waals surface area contributed by atoms with Gasteiger partial charge in [-0.2, -0.15) is 0 Å². The van der Waals surface area contributed by atoms with Crippen LogP contribution in [0, 0.1) is 10.1 Å². The van der Waals surface area contributed by atoms with Crippen LogP contribution in [-0.2, 0) is 4.74 Å². The Bertz CT molecular complexity index is 1060. The molecule has 8 nitrogen and oxygen atoms in total. The molecular formula is C22H25N3O5. The Morgan fingerprint density at radius 1 is 1.20 bits per heavy atom. The summed E-state index contributed by atoms with van der Waals surface area (Å²) in [6.45, 7) is 6.00. The van der Waals surface area contributed by atoms with Crippen molar-refractivity contribution in [2.45, 2.75) is 32.9 Å². The van der Waals surface area contributed by atoms with E-state index in [2.05, 4.69) is 10.3 Å². The van der Waals surface area contributed by atoms with Crippen LogP contribution >= 0.6 is 0 Å². The van der Waals surface area contributed by atoms with E-state index in [4.69, 9.17) is 9.47 Å². The van der Waals surface area contributed by atoms with E-state index in [1.54, 1.807) is 26.2 Å². The summed E-state index contributed by atoms with van der Waals surface area (Å²) < 4.78 is 10.7. The molecule has 0 saturated carbocycles. The van der Waals surface area contributed by atoms with Crippen LogP contribution in [-0.4, -0.2) is 35.6 Å². The molecular weight excluding hydrogens is 386 g/mol. The zero-order valence-electron chi connectivity index (χ0n) is 17.4. The van der Waals surface area contributed by atoms with Gasteiger partial charge in [0.05, 0.1) is 24.7 Å². The molecule has 2 N–H and O–H groups in total. The smallest absolute Gasteiger partial charge is 0.355 e. The van der Waals surface area contributed by atoms with Gasteiger partial charge in [0, 0.05) is 34.6 Å². The van der Waals surface area contributed by atoms with Crippen molar-refractivity contribution in [1.29, 1.82) is 0 Å². The molecule has 0 aliphatic carbocycles. The first-order chi connectivity index (χ1) is 14.3. The predicted octanol–water partition coefficient (Wildman–Crippen LogP) is 4.35. The van der Waals surface area contributed by atoms with Crippen LogP contribution in [0.25, 0.3) is 10.9 Å². The van der Waals surface area contributed by atoms with E-state index in [1.165, 1.54) is 12.1 Å². The third-order valence-corrected chi connectivity index (χ3v) is 4.75. The first-order valence-electron chi connectivity index (χ1n) is 9.72. The number of carbonyl (C=O) groups excluding carboxylic acids is 1. The van der Waals surface area contributed by atoms with Gasteiger partial charge in [0.15, 0.2) is 0 Å². The summed E-state index contributed by atoms with van der Waals surface area (Å²) in [6.07, 6.45) is 0. The van der Waals surface area contributed by atoms with Crippen molar-refractivity contribution in [1.82, 2.24) is 10.3 Å². The second kappa shape index (κ2) is 8.96. The highest BCUT2D eigenvalue weighted by Gasteiger charge is 2.28. The highest BCUT2D eigenvalue weighted by Crippen LogP contribution is 2.35. The van der Waals surface area contributed by atoms with Crippen LogP contribution in [0.4, 0.5) is 5.69 Å². The third-order valence-electron chi connectivity index (χ3n) is 4.75. The molecule has 3 rings (SSSR count). The quantitative estimate of drug-likeness (QED) is 0.324. The summed E-state index contributed by atoms with van der Waals surface area (Å²) in [4.78, 5) is 26.6. The topological polar surface area (TPSA) is 106 Å². The predicted molar refractivity (Wildman–Crippen MR) is 114 cm³/mol. The van der Waals surface area contributed by atoms with Gasteiger partial charge in [0.1, 0.15) is 11.4 Å². The molecule has 8 heteroatoms. The molecule has 0 spiro atoms. The number of non-ortho nitro benzene ring substituents is 1. The minimum absolute atomic E-state index is 0.00765. The molecule has 0 amide bonds. The van der Waals surface area contributed by atoms with Crippen molar-refractivity contribution < 1.29 is 19.2 Å². The maximum Gasteiger partial charge on any atom is 0.355 e. The van der Waals surface area contributed by atoms with Gasteiger partial charge in [-0.3, -0.25) is 10.1 Å². The number of esters is 1. The van der Waals surface area contributed by atoms with E-state index >= 15 is 0 Å². The molecule has 1 atom stereocenters. The number of nitro benzene ring substituents is 1. The monoisotopic (exact) mass is 411 g/mol. The molecule has 2 aromatic carbocycles. The summed E-state index contributed by atoms with van der Waals surface area (Å²) in [6, 6.07) is 11.5. The highest BCUT2D eigenvalue weighted by atomic mass is 16.6. The number of rotatable bonds is 8. The number of methoxy groups -OCH3 is 1. The largest absolute Gasteiger partial charge is 0.497 e. The van der Waals surface area contributed by atoms with Crippen LogP contribution < -0.4 is 10.1 Å². The molecule has 3 aromatic rings.